The molecule has 29 heavy (non-hydrogen) atoms. The number of fused-ring (bicyclic) bond motifs is 1. The van der Waals surface area contributed by atoms with Gasteiger partial charge >= 0.3 is 0 Å². The van der Waals surface area contributed by atoms with Crippen LogP contribution in [0.15, 0.2) is 53.3 Å². The number of aromatic nitrogens is 4. The summed E-state index contributed by atoms with van der Waals surface area (Å²) in [6.45, 7) is 3.97. The van der Waals surface area contributed by atoms with Crippen molar-refractivity contribution in [2.45, 2.75) is 20.3 Å². The summed E-state index contributed by atoms with van der Waals surface area (Å²) >= 11 is 0. The van der Waals surface area contributed by atoms with Crippen LogP contribution in [0.2, 0.25) is 0 Å². The molecule has 2 aromatic carbocycles. The van der Waals surface area contributed by atoms with Crippen molar-refractivity contribution in [3.63, 3.8) is 0 Å². The van der Waals surface area contributed by atoms with E-state index in [1.165, 1.54) is 16.6 Å². The van der Waals surface area contributed by atoms with Crippen molar-refractivity contribution >= 4 is 17.1 Å². The number of nitrogens with zero attached hydrogens (tertiary/aromatic N) is 3. The van der Waals surface area contributed by atoms with Gasteiger partial charge in [-0.2, -0.15) is 10.2 Å². The monoisotopic (exact) mass is 391 g/mol. The normalized spacial score (nSPS) is 11.0. The highest BCUT2D eigenvalue weighted by Gasteiger charge is 2.15. The SMILES string of the molecule is Cc1ccc(NC(=O)Cc2n[nH]c(=O)c3cc(-c4ccc(F)cc4)nn23)cc1C. The van der Waals surface area contributed by atoms with Crippen LogP contribution in [0.25, 0.3) is 16.8 Å². The predicted octanol–water partition coefficient (Wildman–Crippen LogP) is 3.02. The Balaban J connectivity index is 1.64. The molecule has 0 bridgehead atoms. The number of halogens is 1. The lowest BCUT2D eigenvalue weighted by molar-refractivity contribution is -0.115. The Bertz CT molecular complexity index is 1270. The standard InChI is InChI=1S/C21H18FN5O2/c1-12-3-8-16(9-13(12)2)23-20(28)11-19-24-25-21(29)18-10-17(26-27(18)19)14-4-6-15(22)7-5-14/h3-10H,11H2,1-2H3,(H,23,28)(H,25,29). The fourth-order valence-electron chi connectivity index (χ4n) is 3.00. The number of nitrogens with one attached hydrogen (secondary N) is 2. The molecule has 1 amide bonds. The number of amides is 1. The van der Waals surface area contributed by atoms with Gasteiger partial charge in [-0.15, -0.1) is 0 Å². The number of anilines is 1. The summed E-state index contributed by atoms with van der Waals surface area (Å²) in [6, 6.07) is 13.0. The van der Waals surface area contributed by atoms with Gasteiger partial charge in [-0.05, 0) is 67.4 Å². The van der Waals surface area contributed by atoms with Crippen LogP contribution in [0.5, 0.6) is 0 Å². The summed E-state index contributed by atoms with van der Waals surface area (Å²) in [5, 5.41) is 13.6. The molecule has 7 nitrogen and oxygen atoms in total. The molecule has 2 heterocycles. The third-order valence-corrected chi connectivity index (χ3v) is 4.72. The molecule has 8 heteroatoms. The molecule has 4 rings (SSSR count). The summed E-state index contributed by atoms with van der Waals surface area (Å²) in [5.41, 5.74) is 3.86. The molecule has 0 saturated heterocycles. The minimum absolute atomic E-state index is 0.0786. The molecule has 0 aliphatic heterocycles. The van der Waals surface area contributed by atoms with E-state index in [4.69, 9.17) is 0 Å². The van der Waals surface area contributed by atoms with Crippen molar-refractivity contribution in [2.24, 2.45) is 0 Å². The number of hydrogen-bond acceptors (Lipinski definition) is 4. The lowest BCUT2D eigenvalue weighted by atomic mass is 10.1. The summed E-state index contributed by atoms with van der Waals surface area (Å²) in [5.74, 6) is -0.358. The minimum atomic E-state index is -0.427. The van der Waals surface area contributed by atoms with Crippen molar-refractivity contribution in [1.82, 2.24) is 19.8 Å². The number of hydrogen-bond donors (Lipinski definition) is 2. The molecular weight excluding hydrogens is 373 g/mol. The number of aromatic amines is 1. The summed E-state index contributed by atoms with van der Waals surface area (Å²) < 4.78 is 14.5. The van der Waals surface area contributed by atoms with Gasteiger partial charge in [-0.1, -0.05) is 6.07 Å². The van der Waals surface area contributed by atoms with Crippen LogP contribution < -0.4 is 10.9 Å². The second-order valence-corrected chi connectivity index (χ2v) is 6.83. The van der Waals surface area contributed by atoms with Crippen LogP contribution in [0, 0.1) is 19.7 Å². The van der Waals surface area contributed by atoms with Gasteiger partial charge in [0, 0.05) is 11.3 Å². The number of benzene rings is 2. The maximum absolute atomic E-state index is 13.2. The zero-order chi connectivity index (χ0) is 20.5. The molecule has 0 atom stereocenters. The van der Waals surface area contributed by atoms with E-state index in [9.17, 15) is 14.0 Å². The van der Waals surface area contributed by atoms with Gasteiger partial charge in [0.25, 0.3) is 5.56 Å². The molecule has 0 aliphatic rings. The van der Waals surface area contributed by atoms with Crippen LogP contribution in [-0.4, -0.2) is 25.7 Å². The summed E-state index contributed by atoms with van der Waals surface area (Å²) in [6.07, 6.45) is -0.0786. The zero-order valence-corrected chi connectivity index (χ0v) is 15.9. The molecule has 4 aromatic rings. The zero-order valence-electron chi connectivity index (χ0n) is 15.9. The fourth-order valence-corrected chi connectivity index (χ4v) is 3.00. The van der Waals surface area contributed by atoms with Crippen molar-refractivity contribution in [3.8, 4) is 11.3 Å². The van der Waals surface area contributed by atoms with Gasteiger partial charge in [0.2, 0.25) is 5.91 Å². The van der Waals surface area contributed by atoms with E-state index in [1.807, 2.05) is 32.0 Å². The lowest BCUT2D eigenvalue weighted by Gasteiger charge is -2.08. The van der Waals surface area contributed by atoms with E-state index >= 15 is 0 Å². The Kier molecular flexibility index (Phi) is 4.67. The Morgan fingerprint density at radius 3 is 2.59 bits per heavy atom. The van der Waals surface area contributed by atoms with Gasteiger partial charge in [0.05, 0.1) is 12.1 Å². The Morgan fingerprint density at radius 1 is 1.10 bits per heavy atom. The third kappa shape index (κ3) is 3.77. The van der Waals surface area contributed by atoms with Crippen molar-refractivity contribution < 1.29 is 9.18 Å². The second kappa shape index (κ2) is 7.31. The number of H-pyrrole nitrogens is 1. The van der Waals surface area contributed by atoms with Crippen LogP contribution in [0.4, 0.5) is 10.1 Å². The molecular formula is C21H18FN5O2. The van der Waals surface area contributed by atoms with Crippen molar-refractivity contribution in [2.75, 3.05) is 5.32 Å². The van der Waals surface area contributed by atoms with Crippen LogP contribution in [-0.2, 0) is 11.2 Å². The average Bonchev–Trinajstić information content (AvgIpc) is 3.14. The van der Waals surface area contributed by atoms with Crippen LogP contribution >= 0.6 is 0 Å². The van der Waals surface area contributed by atoms with E-state index in [0.717, 1.165) is 11.1 Å². The number of aryl methyl sites for hydroxylation is 2. The molecule has 0 radical (unpaired) electrons. The lowest BCUT2D eigenvalue weighted by Crippen LogP contribution is -2.22. The highest BCUT2D eigenvalue weighted by atomic mass is 19.1. The van der Waals surface area contributed by atoms with Crippen LogP contribution in [0.3, 0.4) is 0 Å². The first kappa shape index (κ1) is 18.5. The first-order chi connectivity index (χ1) is 13.9. The highest BCUT2D eigenvalue weighted by molar-refractivity contribution is 5.92. The predicted molar refractivity (Wildman–Crippen MR) is 107 cm³/mol. The van der Waals surface area contributed by atoms with Gasteiger partial charge in [0.1, 0.15) is 11.3 Å². The highest BCUT2D eigenvalue weighted by Crippen LogP contribution is 2.19. The Morgan fingerprint density at radius 2 is 1.86 bits per heavy atom. The summed E-state index contributed by atoms with van der Waals surface area (Å²) in [4.78, 5) is 24.6. The van der Waals surface area contributed by atoms with Gasteiger partial charge in [-0.25, -0.2) is 14.0 Å². The fraction of sp³-hybridized carbons (Fsp3) is 0.143. The largest absolute Gasteiger partial charge is 0.326 e. The van der Waals surface area contributed by atoms with Gasteiger partial charge in [-0.3, -0.25) is 9.59 Å². The molecule has 0 aliphatic carbocycles. The maximum atomic E-state index is 13.2. The van der Waals surface area contributed by atoms with E-state index in [-0.39, 0.29) is 29.5 Å². The Hall–Kier alpha value is -3.81. The quantitative estimate of drug-likeness (QED) is 0.559. The molecule has 2 aromatic heterocycles. The van der Waals surface area contributed by atoms with Crippen molar-refractivity contribution in [1.29, 1.82) is 0 Å². The third-order valence-electron chi connectivity index (χ3n) is 4.72. The molecule has 2 N–H and O–H groups in total. The van der Waals surface area contributed by atoms with E-state index in [0.29, 0.717) is 16.9 Å². The number of carbonyl (C=O) groups excluding carboxylic acids is 1. The number of carbonyl (C=O) groups is 1. The van der Waals surface area contributed by atoms with Crippen LogP contribution in [0.1, 0.15) is 17.0 Å². The van der Waals surface area contributed by atoms with E-state index < -0.39 is 5.56 Å². The second-order valence-electron chi connectivity index (χ2n) is 6.83. The molecule has 0 unspecified atom stereocenters. The topological polar surface area (TPSA) is 92.1 Å². The average molecular weight is 391 g/mol. The molecule has 0 fully saturated rings. The first-order valence-corrected chi connectivity index (χ1v) is 9.01. The minimum Gasteiger partial charge on any atom is -0.326 e. The number of rotatable bonds is 4. The van der Waals surface area contributed by atoms with Gasteiger partial charge < -0.3 is 5.32 Å². The molecule has 0 saturated carbocycles. The van der Waals surface area contributed by atoms with E-state index in [1.54, 1.807) is 18.2 Å². The van der Waals surface area contributed by atoms with Gasteiger partial charge in [0.15, 0.2) is 5.82 Å². The summed E-state index contributed by atoms with van der Waals surface area (Å²) in [7, 11) is 0. The smallest absolute Gasteiger partial charge is 0.290 e. The van der Waals surface area contributed by atoms with Crippen molar-refractivity contribution in [3.05, 3.63) is 81.7 Å². The molecule has 146 valence electrons. The maximum Gasteiger partial charge on any atom is 0.290 e. The Labute approximate surface area is 165 Å². The first-order valence-electron chi connectivity index (χ1n) is 9.01. The van der Waals surface area contributed by atoms with E-state index in [2.05, 4.69) is 20.6 Å². The molecule has 0 spiro atoms.